The molecule has 4 rings (SSSR count). The van der Waals surface area contributed by atoms with Crippen LogP contribution in [0.15, 0.2) is 29.4 Å². The zero-order valence-corrected chi connectivity index (χ0v) is 18.3. The fourth-order valence-corrected chi connectivity index (χ4v) is 5.34. The summed E-state index contributed by atoms with van der Waals surface area (Å²) in [6.45, 7) is -2.91. The first-order chi connectivity index (χ1) is 15.5. The lowest BCUT2D eigenvalue weighted by Gasteiger charge is -2.09. The largest absolute Gasteiger partial charge is 0.435 e. The van der Waals surface area contributed by atoms with Gasteiger partial charge in [-0.15, -0.1) is 21.5 Å². The number of aromatic nitrogens is 3. The standard InChI is InChI=1S/C20H18F2N6O2S2/c21-19(22)30-12-7-5-11(6-8-12)17-26-27-20(28(17)24)31-10-16(29)25-18-14(9-23)13-3-1-2-4-15(13)32-18/h5-8,19H,1-4,10,24H2,(H,25,29). The Balaban J connectivity index is 1.40. The molecule has 166 valence electrons. The van der Waals surface area contributed by atoms with E-state index in [1.165, 1.54) is 45.2 Å². The zero-order chi connectivity index (χ0) is 22.7. The SMILES string of the molecule is N#Cc1c(NC(=O)CSc2nnc(-c3ccc(OC(F)F)cc3)n2N)sc2c1CCCC2. The second-order valence-corrected chi connectivity index (χ2v) is 8.99. The minimum Gasteiger partial charge on any atom is -0.435 e. The summed E-state index contributed by atoms with van der Waals surface area (Å²) < 4.78 is 30.1. The molecule has 2 aromatic heterocycles. The molecule has 2 heterocycles. The molecule has 12 heteroatoms. The number of carbonyl (C=O) groups excluding carboxylic acids is 1. The fourth-order valence-electron chi connectivity index (χ4n) is 3.42. The number of thiophene rings is 1. The van der Waals surface area contributed by atoms with E-state index in [0.717, 1.165) is 43.0 Å². The number of nitrogens with two attached hydrogens (primary N) is 1. The number of nitrogen functional groups attached to an aromatic ring is 1. The lowest BCUT2D eigenvalue weighted by molar-refractivity contribution is -0.113. The third kappa shape index (κ3) is 4.68. The van der Waals surface area contributed by atoms with Gasteiger partial charge in [0.2, 0.25) is 11.1 Å². The summed E-state index contributed by atoms with van der Waals surface area (Å²) in [7, 11) is 0. The fraction of sp³-hybridized carbons (Fsp3) is 0.300. The smallest absolute Gasteiger partial charge is 0.387 e. The number of amides is 1. The summed E-state index contributed by atoms with van der Waals surface area (Å²) in [5, 5.41) is 21.3. The molecular weight excluding hydrogens is 458 g/mol. The summed E-state index contributed by atoms with van der Waals surface area (Å²) in [4.78, 5) is 13.6. The molecule has 32 heavy (non-hydrogen) atoms. The number of hydrogen-bond acceptors (Lipinski definition) is 8. The molecule has 0 radical (unpaired) electrons. The molecular formula is C20H18F2N6O2S2. The van der Waals surface area contributed by atoms with Crippen molar-refractivity contribution in [2.24, 2.45) is 0 Å². The molecule has 1 aliphatic rings. The van der Waals surface area contributed by atoms with E-state index in [0.29, 0.717) is 27.1 Å². The maximum Gasteiger partial charge on any atom is 0.387 e. The van der Waals surface area contributed by atoms with Crippen LogP contribution in [0, 0.1) is 11.3 Å². The van der Waals surface area contributed by atoms with Gasteiger partial charge in [-0.1, -0.05) is 11.8 Å². The average Bonchev–Trinajstić information content (AvgIpc) is 3.31. The van der Waals surface area contributed by atoms with E-state index < -0.39 is 6.61 Å². The Hall–Kier alpha value is -3.17. The number of fused-ring (bicyclic) bond motifs is 1. The number of carbonyl (C=O) groups is 1. The Kier molecular flexibility index (Phi) is 6.57. The van der Waals surface area contributed by atoms with Crippen LogP contribution in [0.5, 0.6) is 5.75 Å². The number of thioether (sulfide) groups is 1. The number of benzene rings is 1. The van der Waals surface area contributed by atoms with Gasteiger partial charge in [0, 0.05) is 10.4 Å². The van der Waals surface area contributed by atoms with Crippen LogP contribution in [0.4, 0.5) is 13.8 Å². The molecule has 0 spiro atoms. The lowest BCUT2D eigenvalue weighted by atomic mass is 9.96. The van der Waals surface area contributed by atoms with Gasteiger partial charge in [-0.3, -0.25) is 4.79 Å². The van der Waals surface area contributed by atoms with Crippen LogP contribution in [0.1, 0.15) is 28.8 Å². The minimum absolute atomic E-state index is 0.0186. The monoisotopic (exact) mass is 476 g/mol. The number of rotatable bonds is 7. The highest BCUT2D eigenvalue weighted by molar-refractivity contribution is 7.99. The number of nitrogens with one attached hydrogen (secondary N) is 1. The maximum absolute atomic E-state index is 12.5. The molecule has 0 saturated heterocycles. The van der Waals surface area contributed by atoms with E-state index in [-0.39, 0.29) is 17.4 Å². The summed E-state index contributed by atoms with van der Waals surface area (Å²) in [6.07, 6.45) is 3.96. The van der Waals surface area contributed by atoms with E-state index in [4.69, 9.17) is 5.84 Å². The molecule has 0 bridgehead atoms. The Labute approximate surface area is 190 Å². The van der Waals surface area contributed by atoms with E-state index in [9.17, 15) is 18.8 Å². The highest BCUT2D eigenvalue weighted by atomic mass is 32.2. The number of nitrogens with zero attached hydrogens (tertiary/aromatic N) is 4. The molecule has 3 aromatic rings. The second kappa shape index (κ2) is 9.54. The van der Waals surface area contributed by atoms with Crippen LogP contribution < -0.4 is 15.9 Å². The normalized spacial score (nSPS) is 12.9. The first-order valence-corrected chi connectivity index (χ1v) is 11.5. The predicted octanol–water partition coefficient (Wildman–Crippen LogP) is 3.80. The molecule has 8 nitrogen and oxygen atoms in total. The van der Waals surface area contributed by atoms with Gasteiger partial charge in [-0.05, 0) is 55.5 Å². The van der Waals surface area contributed by atoms with Crippen molar-refractivity contribution in [3.05, 3.63) is 40.3 Å². The highest BCUT2D eigenvalue weighted by Crippen LogP contribution is 2.37. The molecule has 0 fully saturated rings. The quantitative estimate of drug-likeness (QED) is 0.393. The number of alkyl halides is 2. The van der Waals surface area contributed by atoms with Crippen LogP contribution in [0.2, 0.25) is 0 Å². The van der Waals surface area contributed by atoms with Crippen LogP contribution in [-0.2, 0) is 17.6 Å². The van der Waals surface area contributed by atoms with Gasteiger partial charge >= 0.3 is 6.61 Å². The van der Waals surface area contributed by atoms with Crippen molar-refractivity contribution in [1.82, 2.24) is 14.9 Å². The van der Waals surface area contributed by atoms with Crippen molar-refractivity contribution in [2.45, 2.75) is 37.5 Å². The summed E-state index contributed by atoms with van der Waals surface area (Å²) >= 11 is 2.57. The molecule has 0 saturated carbocycles. The molecule has 1 aliphatic carbocycles. The van der Waals surface area contributed by atoms with E-state index in [1.54, 1.807) is 0 Å². The van der Waals surface area contributed by atoms with Crippen molar-refractivity contribution in [2.75, 3.05) is 16.9 Å². The molecule has 0 aliphatic heterocycles. The number of halogens is 2. The highest BCUT2D eigenvalue weighted by Gasteiger charge is 2.22. The third-order valence-electron chi connectivity index (χ3n) is 4.87. The van der Waals surface area contributed by atoms with Crippen molar-refractivity contribution in [3.8, 4) is 23.2 Å². The Morgan fingerprint density at radius 3 is 2.78 bits per heavy atom. The van der Waals surface area contributed by atoms with E-state index >= 15 is 0 Å². The topological polar surface area (TPSA) is 119 Å². The van der Waals surface area contributed by atoms with Gasteiger partial charge in [-0.25, -0.2) is 4.68 Å². The van der Waals surface area contributed by atoms with Crippen LogP contribution in [-0.4, -0.2) is 33.1 Å². The molecule has 1 amide bonds. The lowest BCUT2D eigenvalue weighted by Crippen LogP contribution is -2.16. The number of hydrogen-bond donors (Lipinski definition) is 2. The van der Waals surface area contributed by atoms with Gasteiger partial charge in [0.25, 0.3) is 0 Å². The summed E-state index contributed by atoms with van der Waals surface area (Å²) in [6, 6.07) is 8.05. The van der Waals surface area contributed by atoms with Gasteiger partial charge in [0.1, 0.15) is 16.8 Å². The number of nitriles is 1. The minimum atomic E-state index is -2.91. The van der Waals surface area contributed by atoms with Crippen LogP contribution in [0.3, 0.4) is 0 Å². The number of ether oxygens (including phenoxy) is 1. The van der Waals surface area contributed by atoms with E-state index in [2.05, 4.69) is 26.3 Å². The van der Waals surface area contributed by atoms with Crippen LogP contribution >= 0.6 is 23.1 Å². The van der Waals surface area contributed by atoms with Gasteiger partial charge in [-0.2, -0.15) is 14.0 Å². The Morgan fingerprint density at radius 2 is 2.06 bits per heavy atom. The van der Waals surface area contributed by atoms with Crippen molar-refractivity contribution < 1.29 is 18.3 Å². The first kappa shape index (κ1) is 22.0. The molecule has 0 atom stereocenters. The second-order valence-electron chi connectivity index (χ2n) is 6.94. The molecule has 1 aromatic carbocycles. The van der Waals surface area contributed by atoms with Gasteiger partial charge in [0.15, 0.2) is 5.82 Å². The maximum atomic E-state index is 12.5. The summed E-state index contributed by atoms with van der Waals surface area (Å²) in [5.41, 5.74) is 2.18. The molecule has 3 N–H and O–H groups in total. The van der Waals surface area contributed by atoms with Crippen LogP contribution in [0.25, 0.3) is 11.4 Å². The average molecular weight is 477 g/mol. The number of aryl methyl sites for hydroxylation is 1. The van der Waals surface area contributed by atoms with Crippen molar-refractivity contribution in [1.29, 1.82) is 5.26 Å². The molecule has 0 unspecified atom stereocenters. The Bertz CT molecular complexity index is 1170. The third-order valence-corrected chi connectivity index (χ3v) is 7.02. The van der Waals surface area contributed by atoms with Crippen molar-refractivity contribution in [3.63, 3.8) is 0 Å². The van der Waals surface area contributed by atoms with Gasteiger partial charge < -0.3 is 15.9 Å². The zero-order valence-electron chi connectivity index (χ0n) is 16.7. The Morgan fingerprint density at radius 1 is 1.31 bits per heavy atom. The predicted molar refractivity (Wildman–Crippen MR) is 117 cm³/mol. The number of anilines is 1. The summed E-state index contributed by atoms with van der Waals surface area (Å²) in [5.74, 6) is 6.14. The first-order valence-electron chi connectivity index (χ1n) is 9.69. The van der Waals surface area contributed by atoms with Crippen molar-refractivity contribution >= 4 is 34.0 Å². The van der Waals surface area contributed by atoms with Gasteiger partial charge in [0.05, 0.1) is 11.3 Å². The van der Waals surface area contributed by atoms with E-state index in [1.807, 2.05) is 0 Å².